The van der Waals surface area contributed by atoms with Gasteiger partial charge >= 0.3 is 5.69 Å². The van der Waals surface area contributed by atoms with Crippen LogP contribution in [-0.2, 0) is 9.59 Å². The second-order valence-electron chi connectivity index (χ2n) is 6.24. The first kappa shape index (κ1) is 19.9. The number of carbonyl (C=O) groups excluding carboxylic acids is 2. The number of imidazole rings is 1. The number of nitrogens with one attached hydrogen (secondary N) is 4. The van der Waals surface area contributed by atoms with Crippen LogP contribution in [0.25, 0.3) is 11.0 Å². The highest BCUT2D eigenvalue weighted by atomic mass is 35.5. The fourth-order valence-corrected chi connectivity index (χ4v) is 2.93. The van der Waals surface area contributed by atoms with E-state index in [0.29, 0.717) is 32.5 Å². The van der Waals surface area contributed by atoms with Crippen molar-refractivity contribution >= 4 is 57.4 Å². The molecule has 146 valence electrons. The van der Waals surface area contributed by atoms with E-state index in [1.807, 2.05) is 0 Å². The van der Waals surface area contributed by atoms with E-state index in [4.69, 9.17) is 23.2 Å². The monoisotopic (exact) mass is 421 g/mol. The summed E-state index contributed by atoms with van der Waals surface area (Å²) in [6.45, 7) is 0.0221. The van der Waals surface area contributed by atoms with Crippen LogP contribution in [0.2, 0.25) is 10.0 Å². The molecule has 3 aromatic rings. The van der Waals surface area contributed by atoms with E-state index in [1.54, 1.807) is 48.3 Å². The maximum atomic E-state index is 12.2. The average molecular weight is 422 g/mol. The van der Waals surface area contributed by atoms with E-state index >= 15 is 0 Å². The number of halogens is 2. The normalized spacial score (nSPS) is 11.0. The van der Waals surface area contributed by atoms with Gasteiger partial charge in [-0.25, -0.2) is 4.79 Å². The molecule has 0 aliphatic heterocycles. The van der Waals surface area contributed by atoms with E-state index in [1.165, 1.54) is 0 Å². The number of aromatic nitrogens is 2. The number of hydrogen-bond donors (Lipinski definition) is 4. The summed E-state index contributed by atoms with van der Waals surface area (Å²) >= 11 is 11.8. The molecule has 0 aliphatic rings. The number of anilines is 2. The van der Waals surface area contributed by atoms with Crippen molar-refractivity contribution in [3.05, 3.63) is 56.9 Å². The van der Waals surface area contributed by atoms with Crippen molar-refractivity contribution < 1.29 is 9.59 Å². The van der Waals surface area contributed by atoms with Crippen LogP contribution in [0.5, 0.6) is 0 Å². The minimum absolute atomic E-state index is 0.0104. The molecule has 0 saturated carbocycles. The molecule has 0 atom stereocenters. The zero-order valence-corrected chi connectivity index (χ0v) is 16.3. The van der Waals surface area contributed by atoms with Gasteiger partial charge in [0.1, 0.15) is 0 Å². The second kappa shape index (κ2) is 8.47. The molecule has 28 heavy (non-hydrogen) atoms. The first-order valence-electron chi connectivity index (χ1n) is 8.25. The van der Waals surface area contributed by atoms with Crippen LogP contribution in [0.15, 0.2) is 41.2 Å². The number of rotatable bonds is 6. The third-order valence-corrected chi connectivity index (χ3v) is 4.57. The number of benzene rings is 2. The maximum absolute atomic E-state index is 12.2. The Labute approximate surface area is 169 Å². The summed E-state index contributed by atoms with van der Waals surface area (Å²) < 4.78 is 0. The molecule has 2 amide bonds. The van der Waals surface area contributed by atoms with E-state index in [0.717, 1.165) is 0 Å². The number of amides is 2. The first-order chi connectivity index (χ1) is 13.3. The summed E-state index contributed by atoms with van der Waals surface area (Å²) in [5, 5.41) is 6.16. The molecule has 3 rings (SSSR count). The summed E-state index contributed by atoms with van der Waals surface area (Å²) in [4.78, 5) is 42.4. The number of likely N-dealkylation sites (N-methyl/N-ethyl adjacent to an activating group) is 1. The molecular formula is C18H17Cl2N5O3. The minimum Gasteiger partial charge on any atom is -0.325 e. The Morgan fingerprint density at radius 1 is 0.893 bits per heavy atom. The molecule has 0 radical (unpaired) electrons. The zero-order valence-electron chi connectivity index (χ0n) is 14.8. The highest BCUT2D eigenvalue weighted by Crippen LogP contribution is 2.24. The number of aromatic amines is 2. The Morgan fingerprint density at radius 2 is 1.46 bits per heavy atom. The van der Waals surface area contributed by atoms with Gasteiger partial charge < -0.3 is 20.6 Å². The molecule has 1 aromatic heterocycles. The van der Waals surface area contributed by atoms with Gasteiger partial charge in [-0.2, -0.15) is 0 Å². The van der Waals surface area contributed by atoms with Gasteiger partial charge in [0.05, 0.1) is 34.2 Å². The van der Waals surface area contributed by atoms with Gasteiger partial charge in [0.25, 0.3) is 0 Å². The quantitative estimate of drug-likeness (QED) is 0.490. The molecule has 10 heteroatoms. The lowest BCUT2D eigenvalue weighted by Crippen LogP contribution is -2.36. The molecule has 0 fully saturated rings. The third-order valence-electron chi connectivity index (χ3n) is 3.83. The van der Waals surface area contributed by atoms with Crippen LogP contribution >= 0.6 is 23.2 Å². The van der Waals surface area contributed by atoms with Gasteiger partial charge in [0.15, 0.2) is 0 Å². The number of nitrogens with zero attached hydrogens (tertiary/aromatic N) is 1. The van der Waals surface area contributed by atoms with E-state index in [2.05, 4.69) is 20.6 Å². The largest absolute Gasteiger partial charge is 0.325 e. The third kappa shape index (κ3) is 5.13. The predicted molar refractivity (Wildman–Crippen MR) is 110 cm³/mol. The number of H-pyrrole nitrogens is 2. The molecular weight excluding hydrogens is 405 g/mol. The highest BCUT2D eigenvalue weighted by molar-refractivity contribution is 6.42. The van der Waals surface area contributed by atoms with Gasteiger partial charge in [-0.3, -0.25) is 14.5 Å². The van der Waals surface area contributed by atoms with Crippen LogP contribution in [0.4, 0.5) is 11.4 Å². The van der Waals surface area contributed by atoms with E-state index in [9.17, 15) is 14.4 Å². The van der Waals surface area contributed by atoms with Gasteiger partial charge in [-0.05, 0) is 43.4 Å². The van der Waals surface area contributed by atoms with Crippen molar-refractivity contribution in [2.75, 3.05) is 30.8 Å². The summed E-state index contributed by atoms with van der Waals surface area (Å²) in [7, 11) is 1.65. The summed E-state index contributed by atoms with van der Waals surface area (Å²) in [6, 6.07) is 9.81. The van der Waals surface area contributed by atoms with E-state index < -0.39 is 0 Å². The molecule has 0 bridgehead atoms. The van der Waals surface area contributed by atoms with Gasteiger partial charge in [-0.15, -0.1) is 0 Å². The molecule has 0 saturated heterocycles. The van der Waals surface area contributed by atoms with Crippen molar-refractivity contribution in [1.82, 2.24) is 14.9 Å². The highest BCUT2D eigenvalue weighted by Gasteiger charge is 2.12. The number of fused-ring (bicyclic) bond motifs is 1. The summed E-state index contributed by atoms with van der Waals surface area (Å²) in [5.41, 5.74) is 2.00. The fourth-order valence-electron chi connectivity index (χ4n) is 2.63. The summed E-state index contributed by atoms with van der Waals surface area (Å²) in [6.07, 6.45) is 0. The topological polar surface area (TPSA) is 110 Å². The Kier molecular flexibility index (Phi) is 6.03. The van der Waals surface area contributed by atoms with Crippen molar-refractivity contribution in [2.24, 2.45) is 0 Å². The maximum Gasteiger partial charge on any atom is 0.323 e. The lowest BCUT2D eigenvalue weighted by molar-refractivity contribution is -0.119. The number of hydrogen-bond acceptors (Lipinski definition) is 4. The molecule has 0 spiro atoms. The number of carbonyl (C=O) groups is 2. The van der Waals surface area contributed by atoms with Crippen LogP contribution in [0.1, 0.15) is 0 Å². The molecule has 0 unspecified atom stereocenters. The van der Waals surface area contributed by atoms with Crippen molar-refractivity contribution in [1.29, 1.82) is 0 Å². The van der Waals surface area contributed by atoms with Crippen molar-refractivity contribution in [2.45, 2.75) is 0 Å². The molecule has 8 nitrogen and oxygen atoms in total. The summed E-state index contributed by atoms with van der Waals surface area (Å²) in [5.74, 6) is -0.581. The van der Waals surface area contributed by atoms with Crippen molar-refractivity contribution in [3.8, 4) is 0 Å². The first-order valence-corrected chi connectivity index (χ1v) is 9.01. The smallest absolute Gasteiger partial charge is 0.323 e. The SMILES string of the molecule is CN(CC(=O)Nc1ccc(Cl)c(Cl)c1)CC(=O)Nc1ccc2[nH]c(=O)[nH]c2c1. The van der Waals surface area contributed by atoms with Crippen LogP contribution in [0, 0.1) is 0 Å². The lowest BCUT2D eigenvalue weighted by atomic mass is 10.2. The van der Waals surface area contributed by atoms with Gasteiger partial charge in [0.2, 0.25) is 11.8 Å². The van der Waals surface area contributed by atoms with Gasteiger partial charge in [0, 0.05) is 11.4 Å². The zero-order chi connectivity index (χ0) is 20.3. The molecule has 4 N–H and O–H groups in total. The Bertz CT molecular complexity index is 1090. The van der Waals surface area contributed by atoms with Crippen LogP contribution in [-0.4, -0.2) is 46.8 Å². The predicted octanol–water partition coefficient (Wildman–Crippen LogP) is 2.67. The van der Waals surface area contributed by atoms with Crippen LogP contribution in [0.3, 0.4) is 0 Å². The fraction of sp³-hybridized carbons (Fsp3) is 0.167. The molecule has 1 heterocycles. The Balaban J connectivity index is 1.52. The molecule has 0 aliphatic carbocycles. The minimum atomic E-state index is -0.314. The Hall–Kier alpha value is -2.81. The van der Waals surface area contributed by atoms with Gasteiger partial charge in [-0.1, -0.05) is 23.2 Å². The Morgan fingerprint density at radius 3 is 2.11 bits per heavy atom. The van der Waals surface area contributed by atoms with Crippen molar-refractivity contribution in [3.63, 3.8) is 0 Å². The standard InChI is InChI=1S/C18H17Cl2N5O3/c1-25(8-16(26)21-10-2-4-12(19)13(20)6-10)9-17(27)22-11-3-5-14-15(7-11)24-18(28)23-14/h2-7H,8-9H2,1H3,(H,21,26)(H,22,27)(H2,23,24,28). The lowest BCUT2D eigenvalue weighted by Gasteiger charge is -2.16. The van der Waals surface area contributed by atoms with Crippen LogP contribution < -0.4 is 16.3 Å². The molecule has 2 aromatic carbocycles. The van der Waals surface area contributed by atoms with E-state index in [-0.39, 0.29) is 30.6 Å². The average Bonchev–Trinajstić information content (AvgIpc) is 2.97. The second-order valence-corrected chi connectivity index (χ2v) is 7.05.